The van der Waals surface area contributed by atoms with E-state index < -0.39 is 0 Å². The molecule has 0 spiro atoms. The standard InChI is InChI=1S/C24H27N3O3S/c1-5-26(6-2)12-13-27(24-25-18-11-10-16(3)14-21(18)31-24)23(28)20-15-17-8-7-9-19(29-4)22(17)30-20/h7-11,14-15H,5-6,12-13H2,1-4H3. The first kappa shape index (κ1) is 21.3. The van der Waals surface area contributed by atoms with Crippen LogP contribution in [-0.4, -0.2) is 49.1 Å². The number of aromatic nitrogens is 1. The lowest BCUT2D eigenvalue weighted by atomic mass is 10.2. The lowest BCUT2D eigenvalue weighted by Gasteiger charge is -2.24. The number of methoxy groups -OCH3 is 1. The van der Waals surface area contributed by atoms with Crippen LogP contribution < -0.4 is 9.64 Å². The number of thiazole rings is 1. The number of hydrogen-bond donors (Lipinski definition) is 0. The SMILES string of the molecule is CCN(CC)CCN(C(=O)c1cc2cccc(OC)c2o1)c1nc2ccc(C)cc2s1. The molecule has 4 aromatic rings. The molecule has 0 aliphatic rings. The summed E-state index contributed by atoms with van der Waals surface area (Å²) >= 11 is 1.53. The molecule has 7 heteroatoms. The minimum absolute atomic E-state index is 0.193. The number of carbonyl (C=O) groups is 1. The van der Waals surface area contributed by atoms with E-state index in [1.54, 1.807) is 18.1 Å². The van der Waals surface area contributed by atoms with Gasteiger partial charge in [-0.1, -0.05) is 43.4 Å². The van der Waals surface area contributed by atoms with E-state index in [2.05, 4.69) is 31.7 Å². The first-order chi connectivity index (χ1) is 15.0. The maximum Gasteiger partial charge on any atom is 0.295 e. The number of benzene rings is 2. The zero-order chi connectivity index (χ0) is 22.0. The van der Waals surface area contributed by atoms with Gasteiger partial charge in [0.15, 0.2) is 22.2 Å². The molecule has 4 rings (SSSR count). The van der Waals surface area contributed by atoms with Crippen LogP contribution in [0.2, 0.25) is 0 Å². The van der Waals surface area contributed by atoms with E-state index in [0.717, 1.165) is 35.2 Å². The summed E-state index contributed by atoms with van der Waals surface area (Å²) in [5, 5.41) is 1.52. The Bertz CT molecular complexity index is 1210. The molecule has 0 radical (unpaired) electrons. The summed E-state index contributed by atoms with van der Waals surface area (Å²) in [7, 11) is 1.60. The second-order valence-corrected chi connectivity index (χ2v) is 8.45. The molecule has 0 atom stereocenters. The highest BCUT2D eigenvalue weighted by molar-refractivity contribution is 7.22. The average molecular weight is 438 g/mol. The van der Waals surface area contributed by atoms with Crippen molar-refractivity contribution < 1.29 is 13.9 Å². The lowest BCUT2D eigenvalue weighted by Crippen LogP contribution is -2.38. The summed E-state index contributed by atoms with van der Waals surface area (Å²) in [5.41, 5.74) is 2.66. The molecule has 0 saturated heterocycles. The summed E-state index contributed by atoms with van der Waals surface area (Å²) < 4.78 is 12.4. The molecule has 2 heterocycles. The number of rotatable bonds is 8. The van der Waals surface area contributed by atoms with Crippen molar-refractivity contribution in [1.82, 2.24) is 9.88 Å². The molecule has 162 valence electrons. The van der Waals surface area contributed by atoms with Crippen molar-refractivity contribution in [2.75, 3.05) is 38.2 Å². The quantitative estimate of drug-likeness (QED) is 0.372. The van der Waals surface area contributed by atoms with Gasteiger partial charge >= 0.3 is 0 Å². The molecule has 2 aromatic heterocycles. The molecular weight excluding hydrogens is 410 g/mol. The van der Waals surface area contributed by atoms with E-state index in [-0.39, 0.29) is 11.7 Å². The van der Waals surface area contributed by atoms with Crippen molar-refractivity contribution in [2.24, 2.45) is 0 Å². The molecule has 2 aromatic carbocycles. The van der Waals surface area contributed by atoms with Crippen LogP contribution in [0.25, 0.3) is 21.2 Å². The minimum atomic E-state index is -0.193. The van der Waals surface area contributed by atoms with Crippen molar-refractivity contribution in [3.05, 3.63) is 53.8 Å². The van der Waals surface area contributed by atoms with Crippen molar-refractivity contribution in [3.63, 3.8) is 0 Å². The smallest absolute Gasteiger partial charge is 0.295 e. The second kappa shape index (κ2) is 9.08. The Morgan fingerprint density at radius 1 is 1.13 bits per heavy atom. The van der Waals surface area contributed by atoms with Crippen LogP contribution in [0, 0.1) is 6.92 Å². The monoisotopic (exact) mass is 437 g/mol. The third-order valence-electron chi connectivity index (χ3n) is 5.48. The van der Waals surface area contributed by atoms with Gasteiger partial charge < -0.3 is 14.1 Å². The highest BCUT2D eigenvalue weighted by Crippen LogP contribution is 2.33. The van der Waals surface area contributed by atoms with Gasteiger partial charge in [0.25, 0.3) is 5.91 Å². The molecule has 0 fully saturated rings. The molecule has 0 saturated carbocycles. The normalized spacial score (nSPS) is 11.5. The molecule has 0 N–H and O–H groups in total. The van der Waals surface area contributed by atoms with E-state index in [9.17, 15) is 4.79 Å². The Morgan fingerprint density at radius 3 is 2.68 bits per heavy atom. The summed E-state index contributed by atoms with van der Waals surface area (Å²) in [6.07, 6.45) is 0. The van der Waals surface area contributed by atoms with Crippen LogP contribution in [0.1, 0.15) is 30.0 Å². The van der Waals surface area contributed by atoms with E-state index in [1.807, 2.05) is 30.3 Å². The van der Waals surface area contributed by atoms with Crippen LogP contribution in [0.15, 0.2) is 46.9 Å². The van der Waals surface area contributed by atoms with Crippen LogP contribution in [0.3, 0.4) is 0 Å². The summed E-state index contributed by atoms with van der Waals surface area (Å²) in [6, 6.07) is 13.6. The van der Waals surface area contributed by atoms with Gasteiger partial charge in [-0.25, -0.2) is 4.98 Å². The first-order valence-electron chi connectivity index (χ1n) is 10.5. The van der Waals surface area contributed by atoms with Crippen molar-refractivity contribution in [1.29, 1.82) is 0 Å². The van der Waals surface area contributed by atoms with Crippen molar-refractivity contribution >= 4 is 43.6 Å². The maximum absolute atomic E-state index is 13.6. The Balaban J connectivity index is 1.73. The fourth-order valence-electron chi connectivity index (χ4n) is 3.64. The average Bonchev–Trinajstić information content (AvgIpc) is 3.40. The second-order valence-electron chi connectivity index (χ2n) is 7.44. The molecule has 0 aliphatic heterocycles. The minimum Gasteiger partial charge on any atom is -0.493 e. The van der Waals surface area contributed by atoms with Crippen LogP contribution in [0.4, 0.5) is 5.13 Å². The molecule has 31 heavy (non-hydrogen) atoms. The first-order valence-corrected chi connectivity index (χ1v) is 11.3. The summed E-state index contributed by atoms with van der Waals surface area (Å²) in [6.45, 7) is 9.47. The Morgan fingerprint density at radius 2 is 1.94 bits per heavy atom. The molecule has 6 nitrogen and oxygen atoms in total. The number of fused-ring (bicyclic) bond motifs is 2. The third kappa shape index (κ3) is 4.29. The van der Waals surface area contributed by atoms with E-state index in [0.29, 0.717) is 23.0 Å². The van der Waals surface area contributed by atoms with E-state index in [1.165, 1.54) is 16.9 Å². The van der Waals surface area contributed by atoms with Crippen molar-refractivity contribution in [2.45, 2.75) is 20.8 Å². The van der Waals surface area contributed by atoms with Crippen molar-refractivity contribution in [3.8, 4) is 5.75 Å². The highest BCUT2D eigenvalue weighted by Gasteiger charge is 2.25. The van der Waals surface area contributed by atoms with Gasteiger partial charge in [0.1, 0.15) is 0 Å². The fraction of sp³-hybridized carbons (Fsp3) is 0.333. The van der Waals surface area contributed by atoms with Gasteiger partial charge in [-0.15, -0.1) is 0 Å². The number of nitrogens with zero attached hydrogens (tertiary/aromatic N) is 3. The molecule has 0 unspecified atom stereocenters. The number of para-hydroxylation sites is 1. The van der Waals surface area contributed by atoms with Gasteiger partial charge in [0, 0.05) is 18.5 Å². The van der Waals surface area contributed by atoms with Crippen LogP contribution in [0.5, 0.6) is 5.75 Å². The number of likely N-dealkylation sites (N-methyl/N-ethyl adjacent to an activating group) is 1. The number of aryl methyl sites for hydroxylation is 1. The van der Waals surface area contributed by atoms with Gasteiger partial charge in [-0.3, -0.25) is 9.69 Å². The fourth-order valence-corrected chi connectivity index (χ4v) is 4.72. The Kier molecular flexibility index (Phi) is 6.25. The predicted molar refractivity (Wildman–Crippen MR) is 127 cm³/mol. The Labute approximate surface area is 186 Å². The zero-order valence-corrected chi connectivity index (χ0v) is 19.2. The number of carbonyl (C=O) groups excluding carboxylic acids is 1. The predicted octanol–water partition coefficient (Wildman–Crippen LogP) is 5.35. The molecule has 0 aliphatic carbocycles. The maximum atomic E-state index is 13.6. The lowest BCUT2D eigenvalue weighted by molar-refractivity contribution is 0.0959. The van der Waals surface area contributed by atoms with Gasteiger partial charge in [0.2, 0.25) is 0 Å². The van der Waals surface area contributed by atoms with E-state index >= 15 is 0 Å². The summed E-state index contributed by atoms with van der Waals surface area (Å²) in [5.74, 6) is 0.706. The topological polar surface area (TPSA) is 58.8 Å². The third-order valence-corrected chi connectivity index (χ3v) is 6.52. The van der Waals surface area contributed by atoms with Gasteiger partial charge in [0.05, 0.1) is 17.3 Å². The largest absolute Gasteiger partial charge is 0.493 e. The van der Waals surface area contributed by atoms with E-state index in [4.69, 9.17) is 14.1 Å². The van der Waals surface area contributed by atoms with Crippen LogP contribution >= 0.6 is 11.3 Å². The van der Waals surface area contributed by atoms with Gasteiger partial charge in [-0.2, -0.15) is 0 Å². The van der Waals surface area contributed by atoms with Gasteiger partial charge in [-0.05, 0) is 49.8 Å². The number of hydrogen-bond acceptors (Lipinski definition) is 6. The molecule has 1 amide bonds. The molecule has 0 bridgehead atoms. The number of furan rings is 1. The zero-order valence-electron chi connectivity index (χ0n) is 18.3. The highest BCUT2D eigenvalue weighted by atomic mass is 32.1. The van der Waals surface area contributed by atoms with Crippen LogP contribution in [-0.2, 0) is 0 Å². The number of anilines is 1. The number of ether oxygens (including phenoxy) is 1. The Hall–Kier alpha value is -2.90. The molecular formula is C24H27N3O3S. The summed E-state index contributed by atoms with van der Waals surface area (Å²) in [4.78, 5) is 22.4. The number of amides is 1.